The van der Waals surface area contributed by atoms with Gasteiger partial charge in [-0.05, 0) is 32.6 Å². The summed E-state index contributed by atoms with van der Waals surface area (Å²) >= 11 is 0. The lowest BCUT2D eigenvalue weighted by molar-refractivity contribution is -0.147. The van der Waals surface area contributed by atoms with Gasteiger partial charge in [0, 0.05) is 17.7 Å². The number of rotatable bonds is 6. The molecule has 0 spiro atoms. The molecule has 2 unspecified atom stereocenters. The second-order valence-corrected chi connectivity index (χ2v) is 6.87. The van der Waals surface area contributed by atoms with Crippen LogP contribution in [0.4, 0.5) is 0 Å². The minimum absolute atomic E-state index is 0.121. The maximum absolute atomic E-state index is 12.8. The third kappa shape index (κ3) is 5.04. The number of hydrogen-bond donors (Lipinski definition) is 0. The Kier molecular flexibility index (Phi) is 6.77. The maximum Gasteiger partial charge on any atom is 0.331 e. The summed E-state index contributed by atoms with van der Waals surface area (Å²) in [5.41, 5.74) is 2.82. The van der Waals surface area contributed by atoms with Crippen LogP contribution in [0.15, 0.2) is 65.7 Å². The van der Waals surface area contributed by atoms with Crippen LogP contribution >= 0.6 is 0 Å². The van der Waals surface area contributed by atoms with Crippen molar-refractivity contribution >= 4 is 11.7 Å². The van der Waals surface area contributed by atoms with Crippen molar-refractivity contribution in [1.82, 2.24) is 0 Å². The highest BCUT2D eigenvalue weighted by Crippen LogP contribution is 2.27. The number of ether oxygens (including phenoxy) is 2. The van der Waals surface area contributed by atoms with Gasteiger partial charge in [0.2, 0.25) is 0 Å². The van der Waals surface area contributed by atoms with E-state index in [1.807, 2.05) is 74.5 Å². The van der Waals surface area contributed by atoms with Gasteiger partial charge in [0.15, 0.2) is 6.04 Å². The van der Waals surface area contributed by atoms with Gasteiger partial charge in [-0.2, -0.15) is 0 Å². The van der Waals surface area contributed by atoms with E-state index in [0.29, 0.717) is 13.2 Å². The second-order valence-electron chi connectivity index (χ2n) is 6.87. The number of carbonyl (C=O) groups excluding carboxylic acids is 1. The zero-order valence-corrected chi connectivity index (χ0v) is 16.0. The average molecular weight is 365 g/mol. The lowest BCUT2D eigenvalue weighted by atomic mass is 9.88. The minimum Gasteiger partial charge on any atom is -0.464 e. The summed E-state index contributed by atoms with van der Waals surface area (Å²) in [5, 5.41) is 0. The molecule has 3 rings (SSSR count). The van der Waals surface area contributed by atoms with Gasteiger partial charge in [-0.25, -0.2) is 4.79 Å². The Morgan fingerprint density at radius 2 is 1.70 bits per heavy atom. The zero-order valence-electron chi connectivity index (χ0n) is 16.0. The van der Waals surface area contributed by atoms with Crippen molar-refractivity contribution in [3.8, 4) is 0 Å². The number of benzene rings is 2. The van der Waals surface area contributed by atoms with Crippen molar-refractivity contribution in [1.29, 1.82) is 0 Å². The Morgan fingerprint density at radius 3 is 2.22 bits per heavy atom. The molecule has 2 aromatic rings. The molecule has 1 aliphatic rings. The maximum atomic E-state index is 12.8. The highest BCUT2D eigenvalue weighted by atomic mass is 16.5. The van der Waals surface area contributed by atoms with Crippen molar-refractivity contribution in [2.45, 2.75) is 38.8 Å². The van der Waals surface area contributed by atoms with Crippen LogP contribution in [-0.2, 0) is 14.3 Å². The molecule has 1 heterocycles. The third-order valence-electron chi connectivity index (χ3n) is 4.86. The first-order valence-corrected chi connectivity index (χ1v) is 9.66. The Labute approximate surface area is 161 Å². The van der Waals surface area contributed by atoms with Crippen LogP contribution in [0.5, 0.6) is 0 Å². The van der Waals surface area contributed by atoms with E-state index in [9.17, 15) is 4.79 Å². The van der Waals surface area contributed by atoms with E-state index in [1.54, 1.807) is 0 Å². The van der Waals surface area contributed by atoms with Gasteiger partial charge in [-0.1, -0.05) is 60.7 Å². The molecule has 27 heavy (non-hydrogen) atoms. The van der Waals surface area contributed by atoms with Gasteiger partial charge in [0.1, 0.15) is 0 Å². The Hall–Kier alpha value is -2.46. The predicted octanol–water partition coefficient (Wildman–Crippen LogP) is 4.27. The fourth-order valence-corrected chi connectivity index (χ4v) is 3.54. The number of esters is 1. The first-order chi connectivity index (χ1) is 13.2. The Balaban J connectivity index is 2.03. The van der Waals surface area contributed by atoms with E-state index in [-0.39, 0.29) is 18.0 Å². The smallest absolute Gasteiger partial charge is 0.331 e. The fraction of sp³-hybridized carbons (Fsp3) is 0.391. The molecule has 0 bridgehead atoms. The summed E-state index contributed by atoms with van der Waals surface area (Å²) in [6.07, 6.45) is 1.76. The summed E-state index contributed by atoms with van der Waals surface area (Å²) in [4.78, 5) is 17.8. The van der Waals surface area contributed by atoms with Gasteiger partial charge in [0.25, 0.3) is 0 Å². The zero-order chi connectivity index (χ0) is 19.1. The molecule has 0 aliphatic carbocycles. The summed E-state index contributed by atoms with van der Waals surface area (Å²) in [7, 11) is 0. The fourth-order valence-electron chi connectivity index (χ4n) is 3.54. The molecule has 0 N–H and O–H groups in total. The standard InChI is InChI=1S/C23H27NO3/c1-3-26-23(25)22(20-14-15-27-17(2)16-20)24-21(18-10-6-4-7-11-18)19-12-8-5-9-13-19/h4-13,17,20,22H,3,14-16H2,1-2H3/t17-,20?,22?/m0/s1. The van der Waals surface area contributed by atoms with Crippen LogP contribution in [0.25, 0.3) is 0 Å². The van der Waals surface area contributed by atoms with Crippen LogP contribution < -0.4 is 0 Å². The Bertz CT molecular complexity index is 716. The van der Waals surface area contributed by atoms with Gasteiger partial charge in [-0.3, -0.25) is 4.99 Å². The van der Waals surface area contributed by atoms with E-state index in [4.69, 9.17) is 14.5 Å². The van der Waals surface area contributed by atoms with Crippen LogP contribution in [0.3, 0.4) is 0 Å². The monoisotopic (exact) mass is 365 g/mol. The number of nitrogens with zero attached hydrogens (tertiary/aromatic N) is 1. The minimum atomic E-state index is -0.522. The molecule has 1 saturated heterocycles. The van der Waals surface area contributed by atoms with E-state index in [2.05, 4.69) is 0 Å². The first-order valence-electron chi connectivity index (χ1n) is 9.66. The van der Waals surface area contributed by atoms with Gasteiger partial charge in [-0.15, -0.1) is 0 Å². The lowest BCUT2D eigenvalue weighted by Crippen LogP contribution is -2.37. The van der Waals surface area contributed by atoms with Crippen LogP contribution in [0.2, 0.25) is 0 Å². The van der Waals surface area contributed by atoms with Gasteiger partial charge in [0.05, 0.1) is 18.4 Å². The third-order valence-corrected chi connectivity index (χ3v) is 4.86. The van der Waals surface area contributed by atoms with Gasteiger partial charge < -0.3 is 9.47 Å². The molecule has 3 atom stereocenters. The molecule has 0 radical (unpaired) electrons. The van der Waals surface area contributed by atoms with E-state index in [1.165, 1.54) is 0 Å². The molecule has 2 aromatic carbocycles. The second kappa shape index (κ2) is 9.47. The molecule has 4 heteroatoms. The first kappa shape index (κ1) is 19.3. The largest absolute Gasteiger partial charge is 0.464 e. The van der Waals surface area contributed by atoms with Crippen LogP contribution in [0.1, 0.15) is 37.8 Å². The highest BCUT2D eigenvalue weighted by molar-refractivity contribution is 6.13. The van der Waals surface area contributed by atoms with Crippen LogP contribution in [0, 0.1) is 5.92 Å². The molecular formula is C23H27NO3. The number of carbonyl (C=O) groups is 1. The lowest BCUT2D eigenvalue weighted by Gasteiger charge is -2.30. The van der Waals surface area contributed by atoms with Crippen molar-refractivity contribution < 1.29 is 14.3 Å². The summed E-state index contributed by atoms with van der Waals surface area (Å²) < 4.78 is 11.0. The summed E-state index contributed by atoms with van der Waals surface area (Å²) in [5.74, 6) is -0.129. The average Bonchev–Trinajstić information content (AvgIpc) is 2.70. The normalized spacial score (nSPS) is 20.5. The van der Waals surface area contributed by atoms with Crippen molar-refractivity contribution in [3.63, 3.8) is 0 Å². The molecule has 4 nitrogen and oxygen atoms in total. The molecule has 142 valence electrons. The topological polar surface area (TPSA) is 47.9 Å². The van der Waals surface area contributed by atoms with Crippen LogP contribution in [-0.4, -0.2) is 37.0 Å². The molecule has 0 saturated carbocycles. The molecule has 0 aromatic heterocycles. The predicted molar refractivity (Wildman–Crippen MR) is 107 cm³/mol. The Morgan fingerprint density at radius 1 is 1.11 bits per heavy atom. The van der Waals surface area contributed by atoms with E-state index < -0.39 is 6.04 Å². The number of hydrogen-bond acceptors (Lipinski definition) is 4. The van der Waals surface area contributed by atoms with E-state index >= 15 is 0 Å². The number of aliphatic imine (C=N–C) groups is 1. The molecule has 1 aliphatic heterocycles. The van der Waals surface area contributed by atoms with Gasteiger partial charge >= 0.3 is 5.97 Å². The molecular weight excluding hydrogens is 338 g/mol. The quantitative estimate of drug-likeness (QED) is 0.567. The molecule has 1 fully saturated rings. The van der Waals surface area contributed by atoms with Crippen molar-refractivity contribution in [3.05, 3.63) is 71.8 Å². The summed E-state index contributed by atoms with van der Waals surface area (Å²) in [6.45, 7) is 4.90. The SMILES string of the molecule is CCOC(=O)C(N=C(c1ccccc1)c1ccccc1)C1CCO[C@@H](C)C1. The van der Waals surface area contributed by atoms with E-state index in [0.717, 1.165) is 29.7 Å². The van der Waals surface area contributed by atoms with Crippen molar-refractivity contribution in [2.24, 2.45) is 10.9 Å². The molecule has 0 amide bonds. The summed E-state index contributed by atoms with van der Waals surface area (Å²) in [6, 6.07) is 19.5. The highest BCUT2D eigenvalue weighted by Gasteiger charge is 2.33. The van der Waals surface area contributed by atoms with Crippen molar-refractivity contribution in [2.75, 3.05) is 13.2 Å².